The number of hydrogen-bond acceptors (Lipinski definition) is 0. The summed E-state index contributed by atoms with van der Waals surface area (Å²) >= 11 is 0. The number of rotatable bonds is 6. The van der Waals surface area contributed by atoms with Gasteiger partial charge in [-0.3, -0.25) is 0 Å². The predicted octanol–water partition coefficient (Wildman–Crippen LogP) is 6.44. The van der Waals surface area contributed by atoms with Crippen molar-refractivity contribution in [1.29, 1.82) is 0 Å². The van der Waals surface area contributed by atoms with Crippen molar-refractivity contribution in [1.82, 2.24) is 0 Å². The molecule has 25 heavy (non-hydrogen) atoms. The van der Waals surface area contributed by atoms with Crippen molar-refractivity contribution in [2.75, 3.05) is 0 Å². The molecule has 0 fully saturated rings. The first kappa shape index (κ1) is 19.1. The zero-order valence-electron chi connectivity index (χ0n) is 13.5. The van der Waals surface area contributed by atoms with Crippen LogP contribution in [0.3, 0.4) is 0 Å². The third-order valence-electron chi connectivity index (χ3n) is 3.74. The minimum Gasteiger partial charge on any atom is -0.209 e. The van der Waals surface area contributed by atoms with E-state index in [4.69, 9.17) is 0 Å². The first-order chi connectivity index (χ1) is 11.8. The Kier molecular flexibility index (Phi) is 6.28. The second kappa shape index (κ2) is 8.23. The lowest BCUT2D eigenvalue weighted by Gasteiger charge is -2.07. The van der Waals surface area contributed by atoms with Crippen LogP contribution in [0.1, 0.15) is 36.5 Å². The fraction of sp³-hybridized carbons (Fsp3) is 0.263. The van der Waals surface area contributed by atoms with E-state index in [9.17, 15) is 26.3 Å². The molecule has 0 heterocycles. The Balaban J connectivity index is 2.15. The highest BCUT2D eigenvalue weighted by Crippen LogP contribution is 2.26. The molecule has 0 spiro atoms. The second-order valence-electron chi connectivity index (χ2n) is 5.65. The van der Waals surface area contributed by atoms with Crippen LogP contribution in [-0.4, -0.2) is 0 Å². The molecular formula is C19H16F6. The van der Waals surface area contributed by atoms with E-state index in [0.29, 0.717) is 6.42 Å². The Hall–Kier alpha value is -2.24. The molecule has 0 radical (unpaired) electrons. The Morgan fingerprint density at radius 2 is 1.48 bits per heavy atom. The summed E-state index contributed by atoms with van der Waals surface area (Å²) in [6.45, 7) is 1.69. The van der Waals surface area contributed by atoms with Gasteiger partial charge in [0.15, 0.2) is 23.3 Å². The summed E-state index contributed by atoms with van der Waals surface area (Å²) in [7, 11) is 0. The number of halogens is 6. The molecule has 0 N–H and O–H groups in total. The van der Waals surface area contributed by atoms with E-state index in [0.717, 1.165) is 18.2 Å². The van der Waals surface area contributed by atoms with Gasteiger partial charge >= 0.3 is 0 Å². The summed E-state index contributed by atoms with van der Waals surface area (Å²) in [5.41, 5.74) is 0.142. The standard InChI is InChI=1S/C19H16F6/c1-2-3-14(20)18(24)13-7-6-12(15(21)10-13)5-4-11-8-16(22)19(25)17(23)9-11/h6-10H,2-5H2,1H3. The van der Waals surface area contributed by atoms with Crippen molar-refractivity contribution < 1.29 is 26.3 Å². The molecule has 0 aliphatic carbocycles. The summed E-state index contributed by atoms with van der Waals surface area (Å²) in [5, 5.41) is 0. The molecule has 0 nitrogen and oxygen atoms in total. The summed E-state index contributed by atoms with van der Waals surface area (Å²) in [4.78, 5) is 0. The Labute approximate surface area is 141 Å². The van der Waals surface area contributed by atoms with E-state index in [1.807, 2.05) is 0 Å². The van der Waals surface area contributed by atoms with Crippen LogP contribution in [0.5, 0.6) is 0 Å². The highest BCUT2D eigenvalue weighted by molar-refractivity contribution is 5.61. The van der Waals surface area contributed by atoms with E-state index < -0.39 is 34.9 Å². The Morgan fingerprint density at radius 1 is 0.840 bits per heavy atom. The molecule has 2 aromatic carbocycles. The van der Waals surface area contributed by atoms with E-state index in [1.54, 1.807) is 6.92 Å². The van der Waals surface area contributed by atoms with Crippen LogP contribution >= 0.6 is 0 Å². The first-order valence-electron chi connectivity index (χ1n) is 7.79. The molecule has 0 amide bonds. The molecule has 0 aliphatic rings. The van der Waals surface area contributed by atoms with Gasteiger partial charge < -0.3 is 0 Å². The van der Waals surface area contributed by atoms with Crippen molar-refractivity contribution in [3.63, 3.8) is 0 Å². The zero-order chi connectivity index (χ0) is 18.6. The molecule has 2 aromatic rings. The molecule has 0 saturated carbocycles. The molecule has 2 rings (SSSR count). The molecule has 134 valence electrons. The average Bonchev–Trinajstić information content (AvgIpc) is 2.58. The van der Waals surface area contributed by atoms with Crippen LogP contribution in [-0.2, 0) is 12.8 Å². The van der Waals surface area contributed by atoms with Gasteiger partial charge in [0, 0.05) is 12.0 Å². The minimum absolute atomic E-state index is 0.0624. The second-order valence-corrected chi connectivity index (χ2v) is 5.65. The average molecular weight is 358 g/mol. The van der Waals surface area contributed by atoms with Gasteiger partial charge in [0.2, 0.25) is 0 Å². The van der Waals surface area contributed by atoms with Crippen LogP contribution in [0.25, 0.3) is 5.83 Å². The summed E-state index contributed by atoms with van der Waals surface area (Å²) in [6.07, 6.45) is 0.480. The predicted molar refractivity (Wildman–Crippen MR) is 84.2 cm³/mol. The van der Waals surface area contributed by atoms with Gasteiger partial charge in [0.1, 0.15) is 11.6 Å². The maximum absolute atomic E-state index is 14.1. The summed E-state index contributed by atoms with van der Waals surface area (Å²) in [5.74, 6) is -6.98. The lowest BCUT2D eigenvalue weighted by atomic mass is 10.0. The van der Waals surface area contributed by atoms with Crippen molar-refractivity contribution >= 4 is 5.83 Å². The highest BCUT2D eigenvalue weighted by Gasteiger charge is 2.13. The Morgan fingerprint density at radius 3 is 2.04 bits per heavy atom. The number of aryl methyl sites for hydroxylation is 2. The van der Waals surface area contributed by atoms with Gasteiger partial charge in [-0.1, -0.05) is 19.1 Å². The van der Waals surface area contributed by atoms with Gasteiger partial charge in [0.05, 0.1) is 0 Å². The zero-order valence-corrected chi connectivity index (χ0v) is 13.5. The monoisotopic (exact) mass is 358 g/mol. The molecule has 0 bridgehead atoms. The first-order valence-corrected chi connectivity index (χ1v) is 7.79. The van der Waals surface area contributed by atoms with Crippen molar-refractivity contribution in [3.8, 4) is 0 Å². The van der Waals surface area contributed by atoms with Crippen LogP contribution in [0.4, 0.5) is 26.3 Å². The lowest BCUT2D eigenvalue weighted by Crippen LogP contribution is -1.99. The van der Waals surface area contributed by atoms with E-state index >= 15 is 0 Å². The molecule has 0 aromatic heterocycles. The SMILES string of the molecule is CCCC(F)=C(F)c1ccc(CCc2cc(F)c(F)c(F)c2)c(F)c1. The van der Waals surface area contributed by atoms with Crippen LogP contribution in [0.15, 0.2) is 36.2 Å². The van der Waals surface area contributed by atoms with E-state index in [-0.39, 0.29) is 36.0 Å². The summed E-state index contributed by atoms with van der Waals surface area (Å²) in [6, 6.07) is 5.10. The fourth-order valence-corrected chi connectivity index (χ4v) is 2.40. The molecule has 0 aliphatic heterocycles. The van der Waals surface area contributed by atoms with E-state index in [2.05, 4.69) is 0 Å². The fourth-order valence-electron chi connectivity index (χ4n) is 2.40. The third-order valence-corrected chi connectivity index (χ3v) is 3.74. The van der Waals surface area contributed by atoms with Crippen LogP contribution in [0.2, 0.25) is 0 Å². The van der Waals surface area contributed by atoms with E-state index in [1.165, 1.54) is 12.1 Å². The smallest absolute Gasteiger partial charge is 0.194 e. The van der Waals surface area contributed by atoms with Gasteiger partial charge in [-0.2, -0.15) is 0 Å². The maximum atomic E-state index is 14.1. The third kappa shape index (κ3) is 4.65. The molecule has 6 heteroatoms. The Bertz CT molecular complexity index is 771. The van der Waals surface area contributed by atoms with Gasteiger partial charge in [-0.15, -0.1) is 0 Å². The van der Waals surface area contributed by atoms with Crippen molar-refractivity contribution in [3.05, 3.63) is 76.1 Å². The molecular weight excluding hydrogens is 342 g/mol. The number of hydrogen-bond donors (Lipinski definition) is 0. The quantitative estimate of drug-likeness (QED) is 0.412. The molecule has 0 unspecified atom stereocenters. The molecule has 0 saturated heterocycles. The van der Waals surface area contributed by atoms with Crippen LogP contribution in [0, 0.1) is 23.3 Å². The van der Waals surface area contributed by atoms with Crippen LogP contribution < -0.4 is 0 Å². The molecule has 0 atom stereocenters. The topological polar surface area (TPSA) is 0 Å². The normalized spacial score (nSPS) is 12.3. The highest BCUT2D eigenvalue weighted by atomic mass is 19.2. The van der Waals surface area contributed by atoms with Gasteiger partial charge in [-0.25, -0.2) is 26.3 Å². The number of allylic oxidation sites excluding steroid dienone is 1. The van der Waals surface area contributed by atoms with Gasteiger partial charge in [-0.05, 0) is 48.6 Å². The minimum atomic E-state index is -1.56. The van der Waals surface area contributed by atoms with Crippen molar-refractivity contribution in [2.24, 2.45) is 0 Å². The lowest BCUT2D eigenvalue weighted by molar-refractivity contribution is 0.445. The van der Waals surface area contributed by atoms with Gasteiger partial charge in [0.25, 0.3) is 0 Å². The van der Waals surface area contributed by atoms with Crippen molar-refractivity contribution in [2.45, 2.75) is 32.6 Å². The number of benzene rings is 2. The summed E-state index contributed by atoms with van der Waals surface area (Å²) < 4.78 is 80.6. The maximum Gasteiger partial charge on any atom is 0.194 e. The largest absolute Gasteiger partial charge is 0.209 e.